The highest BCUT2D eigenvalue weighted by molar-refractivity contribution is 6.30. The number of rotatable bonds is 7. The van der Waals surface area contributed by atoms with E-state index < -0.39 is 0 Å². The Bertz CT molecular complexity index is 809. The molecule has 0 saturated heterocycles. The van der Waals surface area contributed by atoms with Gasteiger partial charge in [0.15, 0.2) is 0 Å². The second-order valence-electron chi connectivity index (χ2n) is 7.77. The number of hydrogen-bond donors (Lipinski definition) is 1. The number of hydrogen-bond acceptors (Lipinski definition) is 3. The van der Waals surface area contributed by atoms with Crippen molar-refractivity contribution in [3.63, 3.8) is 0 Å². The van der Waals surface area contributed by atoms with E-state index in [2.05, 4.69) is 12.2 Å². The zero-order valence-corrected chi connectivity index (χ0v) is 17.6. The van der Waals surface area contributed by atoms with Crippen LogP contribution in [0.15, 0.2) is 48.5 Å². The summed E-state index contributed by atoms with van der Waals surface area (Å²) in [6.45, 7) is 2.22. The normalized spacial score (nSPS) is 18.8. The molecule has 4 nitrogen and oxygen atoms in total. The first-order valence-corrected chi connectivity index (χ1v) is 10.8. The first-order chi connectivity index (χ1) is 14.0. The SMILES string of the molecule is CCCCC1CCC(C(=O)Oc2ccc(C(=O)Nc3ccc(Cl)cc3)cc2)CC1. The molecule has 0 bridgehead atoms. The van der Waals surface area contributed by atoms with Crippen molar-refractivity contribution in [2.45, 2.75) is 51.9 Å². The number of nitrogens with one attached hydrogen (secondary N) is 1. The minimum Gasteiger partial charge on any atom is -0.426 e. The predicted octanol–water partition coefficient (Wildman–Crippen LogP) is 6.49. The molecule has 0 atom stereocenters. The van der Waals surface area contributed by atoms with Crippen molar-refractivity contribution in [1.82, 2.24) is 0 Å². The largest absolute Gasteiger partial charge is 0.426 e. The molecule has 1 amide bonds. The van der Waals surface area contributed by atoms with Gasteiger partial charge in [-0.3, -0.25) is 9.59 Å². The van der Waals surface area contributed by atoms with Crippen LogP contribution in [-0.4, -0.2) is 11.9 Å². The fourth-order valence-corrected chi connectivity index (χ4v) is 3.92. The maximum Gasteiger partial charge on any atom is 0.314 e. The van der Waals surface area contributed by atoms with Crippen LogP contribution in [-0.2, 0) is 4.79 Å². The van der Waals surface area contributed by atoms with Gasteiger partial charge in [0.05, 0.1) is 5.92 Å². The summed E-state index contributed by atoms with van der Waals surface area (Å²) in [4.78, 5) is 24.8. The van der Waals surface area contributed by atoms with E-state index in [0.29, 0.717) is 22.0 Å². The van der Waals surface area contributed by atoms with Gasteiger partial charge in [-0.1, -0.05) is 37.8 Å². The number of ether oxygens (including phenoxy) is 1. The Morgan fingerprint density at radius 3 is 2.28 bits per heavy atom. The van der Waals surface area contributed by atoms with Crippen LogP contribution >= 0.6 is 11.6 Å². The molecule has 1 aliphatic rings. The van der Waals surface area contributed by atoms with Crippen molar-refractivity contribution in [3.8, 4) is 5.75 Å². The van der Waals surface area contributed by atoms with E-state index in [-0.39, 0.29) is 17.8 Å². The molecule has 3 rings (SSSR count). The Morgan fingerprint density at radius 2 is 1.66 bits per heavy atom. The van der Waals surface area contributed by atoms with E-state index in [0.717, 1.165) is 31.6 Å². The fourth-order valence-electron chi connectivity index (χ4n) is 3.79. The van der Waals surface area contributed by atoms with Gasteiger partial charge in [-0.15, -0.1) is 0 Å². The monoisotopic (exact) mass is 413 g/mol. The van der Waals surface area contributed by atoms with Crippen LogP contribution in [0, 0.1) is 11.8 Å². The Labute approximate surface area is 177 Å². The number of anilines is 1. The lowest BCUT2D eigenvalue weighted by atomic mass is 9.80. The standard InChI is InChI=1S/C24H28ClNO3/c1-2-3-4-17-5-7-19(8-6-17)24(28)29-22-15-9-18(10-16-22)23(27)26-21-13-11-20(25)12-14-21/h9-17,19H,2-8H2,1H3,(H,26,27). The van der Waals surface area contributed by atoms with E-state index in [1.54, 1.807) is 48.5 Å². The van der Waals surface area contributed by atoms with Crippen LogP contribution in [0.25, 0.3) is 0 Å². The smallest absolute Gasteiger partial charge is 0.314 e. The Balaban J connectivity index is 1.49. The van der Waals surface area contributed by atoms with Crippen LogP contribution in [0.5, 0.6) is 5.75 Å². The van der Waals surface area contributed by atoms with Crippen LogP contribution in [0.2, 0.25) is 5.02 Å². The average molecular weight is 414 g/mol. The topological polar surface area (TPSA) is 55.4 Å². The molecule has 0 radical (unpaired) electrons. The molecule has 0 unspecified atom stereocenters. The number of unbranched alkanes of at least 4 members (excludes halogenated alkanes) is 1. The highest BCUT2D eigenvalue weighted by Crippen LogP contribution is 2.32. The first kappa shape index (κ1) is 21.4. The Morgan fingerprint density at radius 1 is 1.00 bits per heavy atom. The maximum atomic E-state index is 12.5. The predicted molar refractivity (Wildman–Crippen MR) is 116 cm³/mol. The number of halogens is 1. The molecule has 154 valence electrons. The van der Waals surface area contributed by atoms with E-state index in [1.807, 2.05) is 0 Å². The summed E-state index contributed by atoms with van der Waals surface area (Å²) in [5.74, 6) is 0.845. The van der Waals surface area contributed by atoms with Crippen LogP contribution < -0.4 is 10.1 Å². The number of carbonyl (C=O) groups excluding carboxylic acids is 2. The van der Waals surface area contributed by atoms with Crippen molar-refractivity contribution in [3.05, 3.63) is 59.1 Å². The van der Waals surface area contributed by atoms with Crippen molar-refractivity contribution in [2.24, 2.45) is 11.8 Å². The lowest BCUT2D eigenvalue weighted by Crippen LogP contribution is -2.25. The van der Waals surface area contributed by atoms with Gasteiger partial charge >= 0.3 is 5.97 Å². The Hall–Kier alpha value is -2.33. The number of benzene rings is 2. The summed E-state index contributed by atoms with van der Waals surface area (Å²) in [7, 11) is 0. The van der Waals surface area contributed by atoms with E-state index in [4.69, 9.17) is 16.3 Å². The molecule has 29 heavy (non-hydrogen) atoms. The van der Waals surface area contributed by atoms with Gasteiger partial charge < -0.3 is 10.1 Å². The molecular weight excluding hydrogens is 386 g/mol. The minimum atomic E-state index is -0.226. The average Bonchev–Trinajstić information content (AvgIpc) is 2.74. The molecule has 0 aliphatic heterocycles. The summed E-state index contributed by atoms with van der Waals surface area (Å²) in [5.41, 5.74) is 1.17. The van der Waals surface area contributed by atoms with Gasteiger partial charge in [0.2, 0.25) is 0 Å². The molecule has 2 aromatic carbocycles. The fraction of sp³-hybridized carbons (Fsp3) is 0.417. The quantitative estimate of drug-likeness (QED) is 0.416. The highest BCUT2D eigenvalue weighted by atomic mass is 35.5. The van der Waals surface area contributed by atoms with Gasteiger partial charge in [-0.25, -0.2) is 0 Å². The summed E-state index contributed by atoms with van der Waals surface area (Å²) in [6, 6.07) is 13.6. The molecular formula is C24H28ClNO3. The molecule has 1 saturated carbocycles. The number of carbonyl (C=O) groups is 2. The third-order valence-corrected chi connectivity index (χ3v) is 5.84. The minimum absolute atomic E-state index is 0.0132. The summed E-state index contributed by atoms with van der Waals surface area (Å²) < 4.78 is 5.55. The van der Waals surface area contributed by atoms with Gasteiger partial charge in [0.25, 0.3) is 5.91 Å². The lowest BCUT2D eigenvalue weighted by Gasteiger charge is -2.27. The number of amides is 1. The third kappa shape index (κ3) is 6.33. The molecule has 1 aliphatic carbocycles. The second-order valence-corrected chi connectivity index (χ2v) is 8.20. The van der Waals surface area contributed by atoms with Gasteiger partial charge in [0.1, 0.15) is 5.75 Å². The van der Waals surface area contributed by atoms with Gasteiger partial charge in [0, 0.05) is 16.3 Å². The second kappa shape index (κ2) is 10.4. The molecule has 5 heteroatoms. The van der Waals surface area contributed by atoms with Crippen molar-refractivity contribution >= 4 is 29.2 Å². The highest BCUT2D eigenvalue weighted by Gasteiger charge is 2.27. The van der Waals surface area contributed by atoms with E-state index in [9.17, 15) is 9.59 Å². The van der Waals surface area contributed by atoms with E-state index in [1.165, 1.54) is 19.3 Å². The van der Waals surface area contributed by atoms with Crippen molar-refractivity contribution < 1.29 is 14.3 Å². The van der Waals surface area contributed by atoms with Crippen molar-refractivity contribution in [2.75, 3.05) is 5.32 Å². The molecule has 1 N–H and O–H groups in total. The van der Waals surface area contributed by atoms with Crippen LogP contribution in [0.4, 0.5) is 5.69 Å². The third-order valence-electron chi connectivity index (χ3n) is 5.58. The molecule has 0 aromatic heterocycles. The zero-order valence-electron chi connectivity index (χ0n) is 16.8. The van der Waals surface area contributed by atoms with Gasteiger partial charge in [-0.2, -0.15) is 0 Å². The van der Waals surface area contributed by atoms with Crippen LogP contribution in [0.3, 0.4) is 0 Å². The molecule has 2 aromatic rings. The summed E-state index contributed by atoms with van der Waals surface area (Å²) in [5, 5.41) is 3.43. The molecule has 1 fully saturated rings. The summed E-state index contributed by atoms with van der Waals surface area (Å²) in [6.07, 6.45) is 7.84. The maximum absolute atomic E-state index is 12.5. The number of esters is 1. The van der Waals surface area contributed by atoms with Gasteiger partial charge in [-0.05, 0) is 80.1 Å². The van der Waals surface area contributed by atoms with E-state index >= 15 is 0 Å². The molecule has 0 heterocycles. The first-order valence-electron chi connectivity index (χ1n) is 10.4. The lowest BCUT2D eigenvalue weighted by molar-refractivity contribution is -0.140. The van der Waals surface area contributed by atoms with Crippen LogP contribution in [0.1, 0.15) is 62.2 Å². The zero-order chi connectivity index (χ0) is 20.6. The Kier molecular flexibility index (Phi) is 7.70. The summed E-state index contributed by atoms with van der Waals surface area (Å²) >= 11 is 5.85. The van der Waals surface area contributed by atoms with Crippen molar-refractivity contribution in [1.29, 1.82) is 0 Å². The molecule has 0 spiro atoms.